The summed E-state index contributed by atoms with van der Waals surface area (Å²) in [7, 11) is 1.84. The lowest BCUT2D eigenvalue weighted by Crippen LogP contribution is -2.30. The van der Waals surface area contributed by atoms with Gasteiger partial charge in [0.2, 0.25) is 5.91 Å². The number of aromatic nitrogens is 2. The summed E-state index contributed by atoms with van der Waals surface area (Å²) in [6.45, 7) is 4.57. The molecule has 23 heavy (non-hydrogen) atoms. The van der Waals surface area contributed by atoms with E-state index >= 15 is 0 Å². The van der Waals surface area contributed by atoms with Gasteiger partial charge in [-0.25, -0.2) is 4.98 Å². The molecule has 4 nitrogen and oxygen atoms in total. The molecule has 0 aliphatic heterocycles. The second-order valence-corrected chi connectivity index (χ2v) is 5.98. The largest absolute Gasteiger partial charge is 0.341 e. The van der Waals surface area contributed by atoms with Crippen molar-refractivity contribution in [3.63, 3.8) is 0 Å². The van der Waals surface area contributed by atoms with Gasteiger partial charge in [-0.3, -0.25) is 4.79 Å². The molecule has 0 saturated heterocycles. The number of aryl methyl sites for hydroxylation is 1. The smallest absolute Gasteiger partial charge is 0.233 e. The van der Waals surface area contributed by atoms with Crippen LogP contribution in [0.1, 0.15) is 29.8 Å². The number of para-hydroxylation sites is 2. The van der Waals surface area contributed by atoms with E-state index in [0.717, 1.165) is 11.0 Å². The standard InChI is InChI=1S/C19H21N3O/c1-13-8-4-5-9-15(13)12-22(3)19(23)14(2)18-20-16-10-6-7-11-17(16)21-18/h4-11,14H,12H2,1-3H3,(H,20,21)/t14-/m1/s1. The van der Waals surface area contributed by atoms with Crippen molar-refractivity contribution in [3.8, 4) is 0 Å². The van der Waals surface area contributed by atoms with Crippen molar-refractivity contribution in [2.75, 3.05) is 7.05 Å². The Hall–Kier alpha value is -2.62. The summed E-state index contributed by atoms with van der Waals surface area (Å²) in [5.41, 5.74) is 4.22. The van der Waals surface area contributed by atoms with Crippen LogP contribution in [-0.2, 0) is 11.3 Å². The van der Waals surface area contributed by atoms with Gasteiger partial charge in [0.1, 0.15) is 5.82 Å². The molecule has 3 rings (SSSR count). The number of likely N-dealkylation sites (N-methyl/N-ethyl adjacent to an activating group) is 1. The van der Waals surface area contributed by atoms with Gasteiger partial charge in [0, 0.05) is 13.6 Å². The highest BCUT2D eigenvalue weighted by Gasteiger charge is 2.22. The van der Waals surface area contributed by atoms with Gasteiger partial charge in [-0.2, -0.15) is 0 Å². The van der Waals surface area contributed by atoms with Gasteiger partial charge in [0.25, 0.3) is 0 Å². The molecular weight excluding hydrogens is 286 g/mol. The molecule has 0 unspecified atom stereocenters. The van der Waals surface area contributed by atoms with Crippen LogP contribution in [0.5, 0.6) is 0 Å². The lowest BCUT2D eigenvalue weighted by Gasteiger charge is -2.21. The highest BCUT2D eigenvalue weighted by Crippen LogP contribution is 2.20. The SMILES string of the molecule is Cc1ccccc1CN(C)C(=O)[C@H](C)c1nc2ccccc2[nH]1. The first-order valence-corrected chi connectivity index (χ1v) is 7.80. The Kier molecular flexibility index (Phi) is 4.15. The number of nitrogens with one attached hydrogen (secondary N) is 1. The molecule has 0 radical (unpaired) electrons. The number of benzene rings is 2. The number of aromatic amines is 1. The Morgan fingerprint density at radius 2 is 1.87 bits per heavy atom. The van der Waals surface area contributed by atoms with Gasteiger partial charge in [0.05, 0.1) is 17.0 Å². The number of H-pyrrole nitrogens is 1. The zero-order valence-electron chi connectivity index (χ0n) is 13.7. The third-order valence-corrected chi connectivity index (χ3v) is 4.23. The minimum Gasteiger partial charge on any atom is -0.341 e. The number of carbonyl (C=O) groups excluding carboxylic acids is 1. The number of hydrogen-bond acceptors (Lipinski definition) is 2. The van der Waals surface area contributed by atoms with Crippen LogP contribution in [0.3, 0.4) is 0 Å². The van der Waals surface area contributed by atoms with E-state index in [0.29, 0.717) is 12.4 Å². The van der Waals surface area contributed by atoms with E-state index in [9.17, 15) is 4.79 Å². The number of amides is 1. The molecular formula is C19H21N3O. The zero-order chi connectivity index (χ0) is 16.4. The lowest BCUT2D eigenvalue weighted by atomic mass is 10.1. The number of hydrogen-bond donors (Lipinski definition) is 1. The van der Waals surface area contributed by atoms with Crippen molar-refractivity contribution in [2.24, 2.45) is 0 Å². The third kappa shape index (κ3) is 3.11. The lowest BCUT2D eigenvalue weighted by molar-refractivity contribution is -0.131. The molecule has 4 heteroatoms. The average molecular weight is 307 g/mol. The van der Waals surface area contributed by atoms with Gasteiger partial charge in [-0.05, 0) is 37.1 Å². The third-order valence-electron chi connectivity index (χ3n) is 4.23. The highest BCUT2D eigenvalue weighted by atomic mass is 16.2. The Bertz CT molecular complexity index is 804. The van der Waals surface area contributed by atoms with Crippen molar-refractivity contribution in [2.45, 2.75) is 26.3 Å². The van der Waals surface area contributed by atoms with Crippen molar-refractivity contribution < 1.29 is 4.79 Å². The van der Waals surface area contributed by atoms with Gasteiger partial charge in [-0.15, -0.1) is 0 Å². The first-order chi connectivity index (χ1) is 11.1. The zero-order valence-corrected chi connectivity index (χ0v) is 13.7. The molecule has 0 aliphatic carbocycles. The fourth-order valence-electron chi connectivity index (χ4n) is 2.75. The Labute approximate surface area is 136 Å². The molecule has 0 spiro atoms. The van der Waals surface area contributed by atoms with Crippen LogP contribution in [0.4, 0.5) is 0 Å². The molecule has 3 aromatic rings. The highest BCUT2D eigenvalue weighted by molar-refractivity contribution is 5.84. The van der Waals surface area contributed by atoms with E-state index in [-0.39, 0.29) is 11.8 Å². The van der Waals surface area contributed by atoms with Crippen LogP contribution in [0, 0.1) is 6.92 Å². The minimum atomic E-state index is -0.295. The summed E-state index contributed by atoms with van der Waals surface area (Å²) >= 11 is 0. The predicted octanol–water partition coefficient (Wildman–Crippen LogP) is 3.63. The van der Waals surface area contributed by atoms with Gasteiger partial charge < -0.3 is 9.88 Å². The normalized spacial score (nSPS) is 12.3. The number of carbonyl (C=O) groups is 1. The minimum absolute atomic E-state index is 0.0623. The summed E-state index contributed by atoms with van der Waals surface area (Å²) in [6.07, 6.45) is 0. The first-order valence-electron chi connectivity index (χ1n) is 7.80. The quantitative estimate of drug-likeness (QED) is 0.800. The molecule has 2 aromatic carbocycles. The maximum atomic E-state index is 12.7. The van der Waals surface area contributed by atoms with Crippen LogP contribution in [0.25, 0.3) is 11.0 Å². The van der Waals surface area contributed by atoms with E-state index in [4.69, 9.17) is 0 Å². The molecule has 1 amide bonds. The van der Waals surface area contributed by atoms with E-state index in [1.165, 1.54) is 11.1 Å². The summed E-state index contributed by atoms with van der Waals surface area (Å²) in [4.78, 5) is 22.3. The van der Waals surface area contributed by atoms with Crippen LogP contribution < -0.4 is 0 Å². The van der Waals surface area contributed by atoms with Crippen molar-refractivity contribution in [3.05, 3.63) is 65.5 Å². The van der Waals surface area contributed by atoms with Crippen molar-refractivity contribution in [1.82, 2.24) is 14.9 Å². The van der Waals surface area contributed by atoms with Gasteiger partial charge in [-0.1, -0.05) is 36.4 Å². The Morgan fingerprint density at radius 3 is 2.61 bits per heavy atom. The first kappa shape index (κ1) is 15.3. The van der Waals surface area contributed by atoms with Crippen molar-refractivity contribution >= 4 is 16.9 Å². The topological polar surface area (TPSA) is 49.0 Å². The molecule has 1 aromatic heterocycles. The van der Waals surface area contributed by atoms with Gasteiger partial charge >= 0.3 is 0 Å². The van der Waals surface area contributed by atoms with Gasteiger partial charge in [0.15, 0.2) is 0 Å². The molecule has 0 fully saturated rings. The summed E-state index contributed by atoms with van der Waals surface area (Å²) in [5, 5.41) is 0. The summed E-state index contributed by atoms with van der Waals surface area (Å²) in [6, 6.07) is 16.0. The maximum absolute atomic E-state index is 12.7. The number of imidazole rings is 1. The van der Waals surface area contributed by atoms with Crippen LogP contribution in [-0.4, -0.2) is 27.8 Å². The van der Waals surface area contributed by atoms with E-state index < -0.39 is 0 Å². The van der Waals surface area contributed by atoms with E-state index in [1.807, 2.05) is 50.4 Å². The average Bonchev–Trinajstić information content (AvgIpc) is 2.99. The molecule has 118 valence electrons. The summed E-state index contributed by atoms with van der Waals surface area (Å²) in [5.74, 6) is 0.483. The van der Waals surface area contributed by atoms with Crippen molar-refractivity contribution in [1.29, 1.82) is 0 Å². The molecule has 0 saturated carbocycles. The number of nitrogens with zero attached hydrogens (tertiary/aromatic N) is 2. The predicted molar refractivity (Wildman–Crippen MR) is 92.2 cm³/mol. The molecule has 0 aliphatic rings. The van der Waals surface area contributed by atoms with Crippen LogP contribution >= 0.6 is 0 Å². The molecule has 1 heterocycles. The fourth-order valence-corrected chi connectivity index (χ4v) is 2.75. The second-order valence-electron chi connectivity index (χ2n) is 5.98. The van der Waals surface area contributed by atoms with E-state index in [2.05, 4.69) is 29.0 Å². The summed E-state index contributed by atoms with van der Waals surface area (Å²) < 4.78 is 0. The second kappa shape index (κ2) is 6.24. The monoisotopic (exact) mass is 307 g/mol. The molecule has 1 N–H and O–H groups in total. The fraction of sp³-hybridized carbons (Fsp3) is 0.263. The Morgan fingerprint density at radius 1 is 1.17 bits per heavy atom. The Balaban J connectivity index is 1.77. The molecule has 1 atom stereocenters. The van der Waals surface area contributed by atoms with Crippen LogP contribution in [0.15, 0.2) is 48.5 Å². The van der Waals surface area contributed by atoms with E-state index in [1.54, 1.807) is 4.90 Å². The maximum Gasteiger partial charge on any atom is 0.233 e. The molecule has 0 bridgehead atoms. The number of rotatable bonds is 4. The number of fused-ring (bicyclic) bond motifs is 1. The van der Waals surface area contributed by atoms with Crippen LogP contribution in [0.2, 0.25) is 0 Å².